The third-order valence-corrected chi connectivity index (χ3v) is 5.81. The monoisotopic (exact) mass is 606 g/mol. The van der Waals surface area contributed by atoms with Crippen molar-refractivity contribution in [1.82, 2.24) is 0 Å². The number of rotatable bonds is 22. The number of hydrogen-bond donors (Lipinski definition) is 0. The molecule has 0 spiro atoms. The van der Waals surface area contributed by atoms with E-state index in [1.54, 1.807) is 42.5 Å². The maximum absolute atomic E-state index is 12.5. The molecule has 0 aliphatic rings. The Hall–Kier alpha value is -4.48. The first-order valence-corrected chi connectivity index (χ1v) is 14.2. The van der Waals surface area contributed by atoms with Crippen molar-refractivity contribution in [3.8, 4) is 17.2 Å². The van der Waals surface area contributed by atoms with Crippen LogP contribution in [0.5, 0.6) is 17.2 Å². The maximum atomic E-state index is 12.5. The van der Waals surface area contributed by atoms with Crippen LogP contribution >= 0.6 is 0 Å². The normalized spacial score (nSPS) is 10.5. The fraction of sp³-hybridized carbons (Fsp3) is 0.294. The molecule has 3 aromatic rings. The number of carbonyl (C=O) groups excluding carboxylic acids is 2. The summed E-state index contributed by atoms with van der Waals surface area (Å²) in [5, 5.41) is 0. The van der Waals surface area contributed by atoms with E-state index in [1.165, 1.54) is 0 Å². The lowest BCUT2D eigenvalue weighted by molar-refractivity contribution is -0.303. The first-order chi connectivity index (χ1) is 21.6. The molecule has 0 unspecified atom stereocenters. The van der Waals surface area contributed by atoms with Crippen molar-refractivity contribution < 1.29 is 48.1 Å². The zero-order valence-corrected chi connectivity index (χ0v) is 24.7. The Morgan fingerprint density at radius 2 is 1.20 bits per heavy atom. The first kappa shape index (κ1) is 34.0. The average Bonchev–Trinajstić information content (AvgIpc) is 3.05. The molecule has 3 aromatic carbocycles. The van der Waals surface area contributed by atoms with Gasteiger partial charge in [-0.25, -0.2) is 29.1 Å². The minimum absolute atomic E-state index is 0.243. The summed E-state index contributed by atoms with van der Waals surface area (Å²) in [4.78, 5) is 44.0. The van der Waals surface area contributed by atoms with Gasteiger partial charge in [0, 0.05) is 18.9 Å². The smallest absolute Gasteiger partial charge is 0.343 e. The second-order valence-electron chi connectivity index (χ2n) is 9.21. The van der Waals surface area contributed by atoms with Crippen LogP contribution in [0.4, 0.5) is 0 Å². The van der Waals surface area contributed by atoms with Gasteiger partial charge >= 0.3 is 11.9 Å². The molecular weight excluding hydrogens is 568 g/mol. The minimum Gasteiger partial charge on any atom is -0.494 e. The van der Waals surface area contributed by atoms with Crippen molar-refractivity contribution in [3.63, 3.8) is 0 Å². The summed E-state index contributed by atoms with van der Waals surface area (Å²) in [7, 11) is 0. The summed E-state index contributed by atoms with van der Waals surface area (Å²) in [6, 6.07) is 21.4. The Kier molecular flexibility index (Phi) is 15.8. The molecule has 10 nitrogen and oxygen atoms in total. The van der Waals surface area contributed by atoms with Gasteiger partial charge < -0.3 is 18.9 Å². The van der Waals surface area contributed by atoms with Crippen LogP contribution in [0.2, 0.25) is 0 Å². The molecule has 3 rings (SSSR count). The Balaban J connectivity index is 1.27. The molecule has 0 radical (unpaired) electrons. The van der Waals surface area contributed by atoms with Crippen LogP contribution in [-0.2, 0) is 42.1 Å². The maximum Gasteiger partial charge on any atom is 0.343 e. The van der Waals surface area contributed by atoms with E-state index in [0.717, 1.165) is 23.0 Å². The standard InChI is InChI=1S/C34H38O10/c1-3-20-40-41-24-6-22-38-30-13-9-28(10-14-30)26-43-42-25-19-27-7-15-32(16-8-27)44-34(36)29-11-17-31(18-12-29)37-21-5-23-39-33(35)4-2/h3-4,7-18H,1-2,5-6,19-26H2. The molecule has 0 saturated heterocycles. The van der Waals surface area contributed by atoms with Gasteiger partial charge in [0.15, 0.2) is 0 Å². The predicted octanol–water partition coefficient (Wildman–Crippen LogP) is 6.00. The molecule has 0 aliphatic heterocycles. The van der Waals surface area contributed by atoms with Gasteiger partial charge in [0.2, 0.25) is 0 Å². The molecule has 44 heavy (non-hydrogen) atoms. The zero-order chi connectivity index (χ0) is 31.2. The van der Waals surface area contributed by atoms with E-state index in [2.05, 4.69) is 13.2 Å². The van der Waals surface area contributed by atoms with E-state index in [0.29, 0.717) is 76.0 Å². The summed E-state index contributed by atoms with van der Waals surface area (Å²) >= 11 is 0. The van der Waals surface area contributed by atoms with E-state index in [9.17, 15) is 9.59 Å². The van der Waals surface area contributed by atoms with Gasteiger partial charge in [-0.2, -0.15) is 0 Å². The fourth-order valence-electron chi connectivity index (χ4n) is 3.53. The number of benzene rings is 3. The Labute approximate surface area is 257 Å². The third kappa shape index (κ3) is 13.7. The Morgan fingerprint density at radius 3 is 1.86 bits per heavy atom. The quantitative estimate of drug-likeness (QED) is 0.0257. The van der Waals surface area contributed by atoms with Crippen LogP contribution in [0.15, 0.2) is 98.1 Å². The molecule has 0 aliphatic carbocycles. The highest BCUT2D eigenvalue weighted by Gasteiger charge is 2.09. The van der Waals surface area contributed by atoms with Gasteiger partial charge in [-0.15, -0.1) is 6.58 Å². The molecule has 0 fully saturated rings. The molecular formula is C34H38O10. The van der Waals surface area contributed by atoms with Crippen LogP contribution in [0.1, 0.15) is 34.3 Å². The SMILES string of the molecule is C=CCOOCCCOc1ccc(COOCCc2ccc(OC(=O)c3ccc(OCCCOC(=O)C=C)cc3)cc2)cc1. The van der Waals surface area contributed by atoms with E-state index >= 15 is 0 Å². The van der Waals surface area contributed by atoms with Crippen LogP contribution in [-0.4, -0.2) is 51.6 Å². The predicted molar refractivity (Wildman–Crippen MR) is 162 cm³/mol. The van der Waals surface area contributed by atoms with E-state index < -0.39 is 11.9 Å². The van der Waals surface area contributed by atoms with Gasteiger partial charge in [0.1, 0.15) is 30.5 Å². The van der Waals surface area contributed by atoms with Crippen molar-refractivity contribution in [2.24, 2.45) is 0 Å². The molecule has 0 atom stereocenters. The van der Waals surface area contributed by atoms with Gasteiger partial charge in [0.25, 0.3) is 0 Å². The van der Waals surface area contributed by atoms with Crippen LogP contribution in [0.25, 0.3) is 0 Å². The highest BCUT2D eigenvalue weighted by molar-refractivity contribution is 5.91. The molecule has 0 heterocycles. The molecule has 234 valence electrons. The largest absolute Gasteiger partial charge is 0.494 e. The molecule has 0 N–H and O–H groups in total. The second-order valence-corrected chi connectivity index (χ2v) is 9.21. The average molecular weight is 607 g/mol. The molecule has 0 bridgehead atoms. The number of ether oxygens (including phenoxy) is 4. The van der Waals surface area contributed by atoms with E-state index in [4.69, 9.17) is 38.5 Å². The zero-order valence-electron chi connectivity index (χ0n) is 24.7. The molecule has 10 heteroatoms. The first-order valence-electron chi connectivity index (χ1n) is 14.2. The Morgan fingerprint density at radius 1 is 0.614 bits per heavy atom. The lowest BCUT2D eigenvalue weighted by Gasteiger charge is -2.09. The summed E-state index contributed by atoms with van der Waals surface area (Å²) < 4.78 is 21.6. The second kappa shape index (κ2) is 20.4. The van der Waals surface area contributed by atoms with Crippen molar-refractivity contribution >= 4 is 11.9 Å². The molecule has 0 amide bonds. The molecule has 0 aromatic heterocycles. The van der Waals surface area contributed by atoms with Crippen molar-refractivity contribution in [1.29, 1.82) is 0 Å². The summed E-state index contributed by atoms with van der Waals surface area (Å²) in [6.07, 6.45) is 4.60. The highest BCUT2D eigenvalue weighted by atomic mass is 17.2. The van der Waals surface area contributed by atoms with Crippen molar-refractivity contribution in [2.75, 3.05) is 39.6 Å². The highest BCUT2D eigenvalue weighted by Crippen LogP contribution is 2.18. The summed E-state index contributed by atoms with van der Waals surface area (Å²) in [6.45, 7) is 9.50. The van der Waals surface area contributed by atoms with Gasteiger partial charge in [0.05, 0.1) is 38.6 Å². The molecule has 0 saturated carbocycles. The van der Waals surface area contributed by atoms with Gasteiger partial charge in [-0.1, -0.05) is 36.9 Å². The van der Waals surface area contributed by atoms with Crippen LogP contribution < -0.4 is 14.2 Å². The van der Waals surface area contributed by atoms with Crippen LogP contribution in [0.3, 0.4) is 0 Å². The van der Waals surface area contributed by atoms with Crippen molar-refractivity contribution in [2.45, 2.75) is 25.9 Å². The minimum atomic E-state index is -0.475. The number of carbonyl (C=O) groups is 2. The lowest BCUT2D eigenvalue weighted by Crippen LogP contribution is -2.09. The Bertz CT molecular complexity index is 1270. The van der Waals surface area contributed by atoms with E-state index in [1.807, 2.05) is 36.4 Å². The van der Waals surface area contributed by atoms with E-state index in [-0.39, 0.29) is 6.61 Å². The number of hydrogen-bond acceptors (Lipinski definition) is 10. The van der Waals surface area contributed by atoms with Crippen LogP contribution in [0, 0.1) is 0 Å². The van der Waals surface area contributed by atoms with Gasteiger partial charge in [-0.3, -0.25) is 0 Å². The fourth-order valence-corrected chi connectivity index (χ4v) is 3.53. The van der Waals surface area contributed by atoms with Gasteiger partial charge in [-0.05, 0) is 66.1 Å². The van der Waals surface area contributed by atoms with Crippen molar-refractivity contribution in [3.05, 3.63) is 115 Å². The summed E-state index contributed by atoms with van der Waals surface area (Å²) in [5.41, 5.74) is 2.36. The summed E-state index contributed by atoms with van der Waals surface area (Å²) in [5.74, 6) is 0.852. The third-order valence-electron chi connectivity index (χ3n) is 5.81. The number of esters is 2. The topological polar surface area (TPSA) is 108 Å². The lowest BCUT2D eigenvalue weighted by atomic mass is 10.1.